The Morgan fingerprint density at radius 3 is 2.36 bits per heavy atom. The number of piperidine rings is 1. The summed E-state index contributed by atoms with van der Waals surface area (Å²) in [5, 5.41) is -0.131. The lowest BCUT2D eigenvalue weighted by Crippen LogP contribution is -2.39. The first kappa shape index (κ1) is 8.91. The summed E-state index contributed by atoms with van der Waals surface area (Å²) < 4.78 is 0. The molecule has 0 radical (unpaired) electrons. The van der Waals surface area contributed by atoms with Gasteiger partial charge in [0, 0.05) is 13.1 Å². The van der Waals surface area contributed by atoms with Gasteiger partial charge in [0.25, 0.3) is 0 Å². The van der Waals surface area contributed by atoms with Gasteiger partial charge in [-0.1, -0.05) is 0 Å². The molecule has 1 amide bonds. The third-order valence-electron chi connectivity index (χ3n) is 2.03. The standard InChI is InChI=1S/C8H15NOS/c1-7(11)8(10)9-5-3-2-4-6-9/h7,11H,2-6H2,1H3. The normalized spacial score (nSPS) is 21.5. The lowest BCUT2D eigenvalue weighted by Gasteiger charge is -2.27. The van der Waals surface area contributed by atoms with Crippen molar-refractivity contribution in [2.24, 2.45) is 0 Å². The number of thiol groups is 1. The van der Waals surface area contributed by atoms with Crippen molar-refractivity contribution >= 4 is 18.5 Å². The highest BCUT2D eigenvalue weighted by atomic mass is 32.1. The molecule has 0 spiro atoms. The second-order valence-electron chi connectivity index (χ2n) is 3.06. The van der Waals surface area contributed by atoms with Crippen molar-refractivity contribution in [3.05, 3.63) is 0 Å². The third-order valence-corrected chi connectivity index (χ3v) is 2.25. The fourth-order valence-electron chi connectivity index (χ4n) is 1.38. The molecule has 1 aliphatic heterocycles. The summed E-state index contributed by atoms with van der Waals surface area (Å²) in [5.41, 5.74) is 0. The Kier molecular flexibility index (Phi) is 3.24. The molecule has 1 unspecified atom stereocenters. The van der Waals surface area contributed by atoms with E-state index in [1.165, 1.54) is 6.42 Å². The van der Waals surface area contributed by atoms with Gasteiger partial charge in [0.2, 0.25) is 5.91 Å². The predicted molar refractivity (Wildman–Crippen MR) is 48.9 cm³/mol. The molecule has 0 aromatic heterocycles. The van der Waals surface area contributed by atoms with Crippen molar-refractivity contribution in [3.63, 3.8) is 0 Å². The summed E-state index contributed by atoms with van der Waals surface area (Å²) in [6, 6.07) is 0. The first-order valence-electron chi connectivity index (χ1n) is 4.18. The topological polar surface area (TPSA) is 20.3 Å². The van der Waals surface area contributed by atoms with E-state index in [9.17, 15) is 4.79 Å². The molecule has 1 atom stereocenters. The molecule has 11 heavy (non-hydrogen) atoms. The Bertz CT molecular complexity index is 141. The lowest BCUT2D eigenvalue weighted by atomic mass is 10.1. The van der Waals surface area contributed by atoms with Crippen LogP contribution in [-0.4, -0.2) is 29.1 Å². The second kappa shape index (κ2) is 4.00. The summed E-state index contributed by atoms with van der Waals surface area (Å²) >= 11 is 4.11. The van der Waals surface area contributed by atoms with E-state index in [1.54, 1.807) is 0 Å². The van der Waals surface area contributed by atoms with Gasteiger partial charge in [-0.3, -0.25) is 4.79 Å². The zero-order valence-electron chi connectivity index (χ0n) is 6.92. The van der Waals surface area contributed by atoms with E-state index in [0.717, 1.165) is 25.9 Å². The predicted octanol–water partition coefficient (Wildman–Crippen LogP) is 1.32. The summed E-state index contributed by atoms with van der Waals surface area (Å²) in [5.74, 6) is 0.188. The number of rotatable bonds is 1. The summed E-state index contributed by atoms with van der Waals surface area (Å²) in [4.78, 5) is 13.3. The van der Waals surface area contributed by atoms with E-state index in [1.807, 2.05) is 11.8 Å². The molecule has 1 rings (SSSR count). The summed E-state index contributed by atoms with van der Waals surface area (Å²) in [6.45, 7) is 3.70. The van der Waals surface area contributed by atoms with Gasteiger partial charge in [-0.05, 0) is 26.2 Å². The molecule has 0 aromatic rings. The van der Waals surface area contributed by atoms with Crippen LogP contribution in [0.15, 0.2) is 0 Å². The highest BCUT2D eigenvalue weighted by Gasteiger charge is 2.18. The maximum Gasteiger partial charge on any atom is 0.235 e. The van der Waals surface area contributed by atoms with Crippen LogP contribution in [0.1, 0.15) is 26.2 Å². The van der Waals surface area contributed by atoms with E-state index in [4.69, 9.17) is 0 Å². The van der Waals surface area contributed by atoms with Crippen LogP contribution in [0.5, 0.6) is 0 Å². The van der Waals surface area contributed by atoms with Crippen molar-refractivity contribution in [3.8, 4) is 0 Å². The van der Waals surface area contributed by atoms with Gasteiger partial charge >= 0.3 is 0 Å². The fourth-order valence-corrected chi connectivity index (χ4v) is 1.54. The van der Waals surface area contributed by atoms with Crippen molar-refractivity contribution in [2.75, 3.05) is 13.1 Å². The Labute approximate surface area is 73.4 Å². The third kappa shape index (κ3) is 2.40. The average Bonchev–Trinajstić information content (AvgIpc) is 2.05. The molecule has 0 aliphatic carbocycles. The molecule has 1 aliphatic rings. The number of carbonyl (C=O) groups excluding carboxylic acids is 1. The quantitative estimate of drug-likeness (QED) is 0.593. The highest BCUT2D eigenvalue weighted by Crippen LogP contribution is 2.11. The van der Waals surface area contributed by atoms with E-state index in [-0.39, 0.29) is 11.2 Å². The molecule has 0 N–H and O–H groups in total. The molecule has 64 valence electrons. The van der Waals surface area contributed by atoms with Gasteiger partial charge in [0.1, 0.15) is 0 Å². The number of likely N-dealkylation sites (tertiary alicyclic amines) is 1. The SMILES string of the molecule is CC(S)C(=O)N1CCCCC1. The number of amides is 1. The summed E-state index contributed by atoms with van der Waals surface area (Å²) in [7, 11) is 0. The first-order chi connectivity index (χ1) is 5.22. The molecule has 1 saturated heterocycles. The van der Waals surface area contributed by atoms with Crippen LogP contribution < -0.4 is 0 Å². The van der Waals surface area contributed by atoms with Gasteiger partial charge in [-0.25, -0.2) is 0 Å². The van der Waals surface area contributed by atoms with E-state index in [2.05, 4.69) is 12.6 Å². The fraction of sp³-hybridized carbons (Fsp3) is 0.875. The molecule has 0 bridgehead atoms. The van der Waals surface area contributed by atoms with Crippen molar-refractivity contribution in [2.45, 2.75) is 31.4 Å². The van der Waals surface area contributed by atoms with Crippen LogP contribution in [0, 0.1) is 0 Å². The lowest BCUT2D eigenvalue weighted by molar-refractivity contribution is -0.131. The van der Waals surface area contributed by atoms with E-state index in [0.29, 0.717) is 0 Å². The molecular formula is C8H15NOS. The van der Waals surface area contributed by atoms with Crippen LogP contribution in [0.4, 0.5) is 0 Å². The van der Waals surface area contributed by atoms with Crippen LogP contribution in [0.25, 0.3) is 0 Å². The molecule has 1 fully saturated rings. The zero-order valence-corrected chi connectivity index (χ0v) is 7.81. The Morgan fingerprint density at radius 1 is 1.36 bits per heavy atom. The Hall–Kier alpha value is -0.180. The van der Waals surface area contributed by atoms with Gasteiger partial charge in [-0.2, -0.15) is 12.6 Å². The van der Waals surface area contributed by atoms with Crippen LogP contribution in [0.2, 0.25) is 0 Å². The Balaban J connectivity index is 2.39. The maximum absolute atomic E-state index is 11.3. The largest absolute Gasteiger partial charge is 0.342 e. The minimum atomic E-state index is -0.131. The van der Waals surface area contributed by atoms with Crippen LogP contribution >= 0.6 is 12.6 Å². The van der Waals surface area contributed by atoms with Gasteiger partial charge in [0.15, 0.2) is 0 Å². The van der Waals surface area contributed by atoms with Crippen molar-refractivity contribution < 1.29 is 4.79 Å². The van der Waals surface area contributed by atoms with Gasteiger partial charge < -0.3 is 4.90 Å². The Morgan fingerprint density at radius 2 is 1.91 bits per heavy atom. The molecular weight excluding hydrogens is 158 g/mol. The molecule has 1 heterocycles. The maximum atomic E-state index is 11.3. The van der Waals surface area contributed by atoms with Crippen LogP contribution in [0.3, 0.4) is 0 Å². The first-order valence-corrected chi connectivity index (χ1v) is 4.70. The number of carbonyl (C=O) groups is 1. The molecule has 0 saturated carbocycles. The van der Waals surface area contributed by atoms with Gasteiger partial charge in [0.05, 0.1) is 5.25 Å². The monoisotopic (exact) mass is 173 g/mol. The highest BCUT2D eigenvalue weighted by molar-refractivity contribution is 7.81. The number of hydrogen-bond donors (Lipinski definition) is 1. The minimum Gasteiger partial charge on any atom is -0.342 e. The molecule has 2 nitrogen and oxygen atoms in total. The van der Waals surface area contributed by atoms with Crippen molar-refractivity contribution in [1.82, 2.24) is 4.90 Å². The molecule has 3 heteroatoms. The second-order valence-corrected chi connectivity index (χ2v) is 3.84. The van der Waals surface area contributed by atoms with E-state index >= 15 is 0 Å². The minimum absolute atomic E-state index is 0.131. The summed E-state index contributed by atoms with van der Waals surface area (Å²) in [6.07, 6.45) is 3.59. The average molecular weight is 173 g/mol. The van der Waals surface area contributed by atoms with Crippen LogP contribution in [-0.2, 0) is 4.79 Å². The number of nitrogens with zero attached hydrogens (tertiary/aromatic N) is 1. The van der Waals surface area contributed by atoms with E-state index < -0.39 is 0 Å². The van der Waals surface area contributed by atoms with Crippen molar-refractivity contribution in [1.29, 1.82) is 0 Å². The number of hydrogen-bond acceptors (Lipinski definition) is 2. The smallest absolute Gasteiger partial charge is 0.235 e. The molecule has 0 aromatic carbocycles. The zero-order chi connectivity index (χ0) is 8.27. The van der Waals surface area contributed by atoms with Gasteiger partial charge in [-0.15, -0.1) is 0 Å².